The van der Waals surface area contributed by atoms with Crippen LogP contribution in [0.15, 0.2) is 30.3 Å². The maximum Gasteiger partial charge on any atom is 0.321 e. The lowest BCUT2D eigenvalue weighted by molar-refractivity contribution is -0.131. The maximum absolute atomic E-state index is 11.0. The van der Waals surface area contributed by atoms with E-state index in [1.807, 2.05) is 24.5 Å². The average molecular weight is 182 g/mol. The van der Waals surface area contributed by atoms with Gasteiger partial charge in [0.25, 0.3) is 0 Å². The molecule has 1 aromatic carbocycles. The first kappa shape index (κ1) is 9.13. The molecule has 1 aromatic rings. The average Bonchev–Trinajstić information content (AvgIpc) is 2.06. The summed E-state index contributed by atoms with van der Waals surface area (Å²) in [6.07, 6.45) is 1.87. The smallest absolute Gasteiger partial charge is 0.321 e. The SMILES string of the molecule is CSCC(=O)Oc1ccccc1. The van der Waals surface area contributed by atoms with E-state index in [0.717, 1.165) is 0 Å². The lowest BCUT2D eigenvalue weighted by Gasteiger charge is -2.01. The molecule has 0 heterocycles. The zero-order chi connectivity index (χ0) is 8.81. The molecule has 0 fully saturated rings. The van der Waals surface area contributed by atoms with E-state index in [2.05, 4.69) is 0 Å². The Hall–Kier alpha value is -0.960. The number of thioether (sulfide) groups is 1. The van der Waals surface area contributed by atoms with Crippen molar-refractivity contribution < 1.29 is 9.53 Å². The van der Waals surface area contributed by atoms with Crippen LogP contribution < -0.4 is 4.74 Å². The molecule has 0 aromatic heterocycles. The van der Waals surface area contributed by atoms with E-state index in [1.165, 1.54) is 11.8 Å². The Morgan fingerprint density at radius 1 is 1.42 bits per heavy atom. The number of esters is 1. The summed E-state index contributed by atoms with van der Waals surface area (Å²) in [7, 11) is 0. The van der Waals surface area contributed by atoms with Crippen molar-refractivity contribution in [1.29, 1.82) is 0 Å². The van der Waals surface area contributed by atoms with E-state index in [9.17, 15) is 4.79 Å². The fraction of sp³-hybridized carbons (Fsp3) is 0.222. The first-order chi connectivity index (χ1) is 5.83. The number of carbonyl (C=O) groups excluding carboxylic acids is 1. The predicted molar refractivity (Wildman–Crippen MR) is 50.5 cm³/mol. The number of hydrogen-bond acceptors (Lipinski definition) is 3. The number of rotatable bonds is 3. The predicted octanol–water partition coefficient (Wildman–Crippen LogP) is 1.95. The second-order valence-corrected chi connectivity index (χ2v) is 3.09. The van der Waals surface area contributed by atoms with Crippen LogP contribution in [0, 0.1) is 0 Å². The Morgan fingerprint density at radius 3 is 2.67 bits per heavy atom. The second kappa shape index (κ2) is 4.83. The molecule has 0 radical (unpaired) electrons. The van der Waals surface area contributed by atoms with Gasteiger partial charge in [-0.1, -0.05) is 18.2 Å². The van der Waals surface area contributed by atoms with Crippen molar-refractivity contribution in [2.24, 2.45) is 0 Å². The minimum Gasteiger partial charge on any atom is -0.426 e. The molecular weight excluding hydrogens is 172 g/mol. The van der Waals surface area contributed by atoms with Gasteiger partial charge in [-0.3, -0.25) is 4.79 Å². The van der Waals surface area contributed by atoms with E-state index in [-0.39, 0.29) is 5.97 Å². The van der Waals surface area contributed by atoms with Crippen LogP contribution in [-0.2, 0) is 4.79 Å². The van der Waals surface area contributed by atoms with Crippen LogP contribution in [0.4, 0.5) is 0 Å². The van der Waals surface area contributed by atoms with Crippen molar-refractivity contribution in [2.75, 3.05) is 12.0 Å². The number of hydrogen-bond donors (Lipinski definition) is 0. The lowest BCUT2D eigenvalue weighted by Crippen LogP contribution is -2.09. The topological polar surface area (TPSA) is 26.3 Å². The molecule has 0 saturated carbocycles. The molecule has 64 valence electrons. The molecule has 0 saturated heterocycles. The number of carbonyl (C=O) groups is 1. The number of para-hydroxylation sites is 1. The van der Waals surface area contributed by atoms with Gasteiger partial charge < -0.3 is 4.74 Å². The van der Waals surface area contributed by atoms with Gasteiger partial charge in [0.1, 0.15) is 5.75 Å². The molecule has 0 aliphatic heterocycles. The molecule has 1 rings (SSSR count). The van der Waals surface area contributed by atoms with Gasteiger partial charge in [-0.05, 0) is 18.4 Å². The van der Waals surface area contributed by atoms with Gasteiger partial charge in [0.15, 0.2) is 0 Å². The number of benzene rings is 1. The van der Waals surface area contributed by atoms with Crippen LogP contribution in [0.25, 0.3) is 0 Å². The Kier molecular flexibility index (Phi) is 3.67. The van der Waals surface area contributed by atoms with Crippen molar-refractivity contribution in [1.82, 2.24) is 0 Å². The van der Waals surface area contributed by atoms with Gasteiger partial charge in [-0.2, -0.15) is 11.8 Å². The summed E-state index contributed by atoms with van der Waals surface area (Å²) in [5, 5.41) is 0. The minimum absolute atomic E-state index is 0.200. The van der Waals surface area contributed by atoms with Crippen molar-refractivity contribution in [2.45, 2.75) is 0 Å². The van der Waals surface area contributed by atoms with Gasteiger partial charge >= 0.3 is 5.97 Å². The first-order valence-corrected chi connectivity index (χ1v) is 4.97. The van der Waals surface area contributed by atoms with Crippen LogP contribution in [0.1, 0.15) is 0 Å². The summed E-state index contributed by atoms with van der Waals surface area (Å²) in [6, 6.07) is 9.08. The summed E-state index contributed by atoms with van der Waals surface area (Å²) in [5.41, 5.74) is 0. The Bertz CT molecular complexity index is 246. The highest BCUT2D eigenvalue weighted by Crippen LogP contribution is 2.09. The molecule has 0 amide bonds. The molecular formula is C9H10O2S. The van der Waals surface area contributed by atoms with E-state index in [0.29, 0.717) is 11.5 Å². The molecule has 0 aliphatic carbocycles. The highest BCUT2D eigenvalue weighted by atomic mass is 32.2. The fourth-order valence-electron chi connectivity index (χ4n) is 0.767. The second-order valence-electron chi connectivity index (χ2n) is 2.22. The van der Waals surface area contributed by atoms with E-state index in [4.69, 9.17) is 4.74 Å². The van der Waals surface area contributed by atoms with Crippen LogP contribution >= 0.6 is 11.8 Å². The van der Waals surface area contributed by atoms with Crippen molar-refractivity contribution in [3.63, 3.8) is 0 Å². The monoisotopic (exact) mass is 182 g/mol. The van der Waals surface area contributed by atoms with E-state index in [1.54, 1.807) is 12.1 Å². The molecule has 12 heavy (non-hydrogen) atoms. The van der Waals surface area contributed by atoms with Crippen LogP contribution in [0.3, 0.4) is 0 Å². The third-order valence-corrected chi connectivity index (χ3v) is 1.76. The normalized spacial score (nSPS) is 9.42. The minimum atomic E-state index is -0.200. The van der Waals surface area contributed by atoms with Crippen LogP contribution in [0.2, 0.25) is 0 Å². The third kappa shape index (κ3) is 2.96. The molecule has 3 heteroatoms. The van der Waals surface area contributed by atoms with Gasteiger partial charge in [-0.15, -0.1) is 0 Å². The molecule has 0 atom stereocenters. The third-order valence-electron chi connectivity index (χ3n) is 1.24. The van der Waals surface area contributed by atoms with Crippen molar-refractivity contribution >= 4 is 17.7 Å². The van der Waals surface area contributed by atoms with E-state index < -0.39 is 0 Å². The zero-order valence-electron chi connectivity index (χ0n) is 6.82. The summed E-state index contributed by atoms with van der Waals surface area (Å²) in [4.78, 5) is 11.0. The molecule has 0 N–H and O–H groups in total. The Morgan fingerprint density at radius 2 is 2.08 bits per heavy atom. The highest BCUT2D eigenvalue weighted by molar-refractivity contribution is 7.99. The quantitative estimate of drug-likeness (QED) is 0.528. The summed E-state index contributed by atoms with van der Waals surface area (Å²) in [6.45, 7) is 0. The maximum atomic E-state index is 11.0. The summed E-state index contributed by atoms with van der Waals surface area (Å²) >= 11 is 1.45. The fourth-order valence-corrected chi connectivity index (χ4v) is 1.06. The highest BCUT2D eigenvalue weighted by Gasteiger charge is 2.01. The summed E-state index contributed by atoms with van der Waals surface area (Å²) < 4.78 is 5.00. The largest absolute Gasteiger partial charge is 0.426 e. The van der Waals surface area contributed by atoms with Gasteiger partial charge in [0.05, 0.1) is 5.75 Å². The molecule has 0 unspecified atom stereocenters. The molecule has 2 nitrogen and oxygen atoms in total. The van der Waals surface area contributed by atoms with Crippen molar-refractivity contribution in [3.8, 4) is 5.75 Å². The van der Waals surface area contributed by atoms with Gasteiger partial charge in [-0.25, -0.2) is 0 Å². The first-order valence-electron chi connectivity index (χ1n) is 3.57. The lowest BCUT2D eigenvalue weighted by atomic mass is 10.3. The molecule has 0 bridgehead atoms. The Balaban J connectivity index is 2.47. The molecule has 0 aliphatic rings. The van der Waals surface area contributed by atoms with Gasteiger partial charge in [0, 0.05) is 0 Å². The standard InChI is InChI=1S/C9H10O2S/c1-12-7-9(10)11-8-5-3-2-4-6-8/h2-6H,7H2,1H3. The van der Waals surface area contributed by atoms with Crippen LogP contribution in [-0.4, -0.2) is 18.0 Å². The van der Waals surface area contributed by atoms with E-state index >= 15 is 0 Å². The molecule has 0 spiro atoms. The van der Waals surface area contributed by atoms with Crippen LogP contribution in [0.5, 0.6) is 5.75 Å². The number of ether oxygens (including phenoxy) is 1. The Labute approximate surface area is 75.9 Å². The van der Waals surface area contributed by atoms with Gasteiger partial charge in [0.2, 0.25) is 0 Å². The zero-order valence-corrected chi connectivity index (χ0v) is 7.64. The summed E-state index contributed by atoms with van der Waals surface area (Å²) in [5.74, 6) is 0.805. The van der Waals surface area contributed by atoms with Crippen molar-refractivity contribution in [3.05, 3.63) is 30.3 Å².